The molecule has 0 radical (unpaired) electrons. The van der Waals surface area contributed by atoms with E-state index in [2.05, 4.69) is 15.4 Å². The van der Waals surface area contributed by atoms with E-state index in [1.807, 2.05) is 30.3 Å². The minimum atomic E-state index is 0.694. The second-order valence-corrected chi connectivity index (χ2v) is 3.95. The van der Waals surface area contributed by atoms with Crippen LogP contribution >= 0.6 is 11.6 Å². The molecule has 0 fully saturated rings. The molecule has 0 unspecified atom stereocenters. The number of ether oxygens (including phenoxy) is 1. The van der Waals surface area contributed by atoms with E-state index in [9.17, 15) is 0 Å². The van der Waals surface area contributed by atoms with Gasteiger partial charge < -0.3 is 9.26 Å². The number of aromatic amines is 1. The van der Waals surface area contributed by atoms with Crippen LogP contribution in [0.3, 0.4) is 0 Å². The summed E-state index contributed by atoms with van der Waals surface area (Å²) in [7, 11) is 1.59. The van der Waals surface area contributed by atoms with E-state index in [-0.39, 0.29) is 0 Å². The maximum Gasteiger partial charge on any atom is 0.208 e. The van der Waals surface area contributed by atoms with Gasteiger partial charge in [0.25, 0.3) is 0 Å². The highest BCUT2D eigenvalue weighted by atomic mass is 35.5. The molecule has 0 saturated heterocycles. The van der Waals surface area contributed by atoms with Gasteiger partial charge >= 0.3 is 0 Å². The number of hydrogen-bond donors (Lipinski definition) is 1. The predicted octanol–water partition coefficient (Wildman–Crippen LogP) is 3.41. The van der Waals surface area contributed by atoms with Crippen molar-refractivity contribution in [3.63, 3.8) is 0 Å². The van der Waals surface area contributed by atoms with Crippen molar-refractivity contribution in [1.82, 2.24) is 15.4 Å². The van der Waals surface area contributed by atoms with E-state index in [0.717, 1.165) is 16.3 Å². The molecule has 0 spiro atoms. The Balaban J connectivity index is 0.000000163. The fourth-order valence-electron chi connectivity index (χ4n) is 1.34. The number of methoxy groups -OCH3 is 1. The fourth-order valence-corrected chi connectivity index (χ4v) is 1.46. The van der Waals surface area contributed by atoms with E-state index in [4.69, 9.17) is 20.9 Å². The molecule has 1 N–H and O–H groups in total. The van der Waals surface area contributed by atoms with Crippen LogP contribution in [0.1, 0.15) is 0 Å². The summed E-state index contributed by atoms with van der Waals surface area (Å²) in [6.07, 6.45) is 3.18. The van der Waals surface area contributed by atoms with Crippen LogP contribution < -0.4 is 4.74 Å². The Morgan fingerprint density at radius 2 is 1.95 bits per heavy atom. The molecule has 0 aliphatic carbocycles. The molecule has 2 heterocycles. The van der Waals surface area contributed by atoms with Crippen LogP contribution in [-0.4, -0.2) is 22.5 Å². The molecule has 0 aliphatic rings. The number of hydrogen-bond acceptors (Lipinski definition) is 4. The average molecular weight is 278 g/mol. The molecule has 3 aromatic rings. The minimum absolute atomic E-state index is 0.694. The van der Waals surface area contributed by atoms with Crippen LogP contribution in [0.4, 0.5) is 0 Å². The summed E-state index contributed by atoms with van der Waals surface area (Å²) >= 11 is 5.73. The maximum atomic E-state index is 5.73. The Morgan fingerprint density at radius 3 is 2.42 bits per heavy atom. The van der Waals surface area contributed by atoms with Gasteiger partial charge in [-0.05, 0) is 12.1 Å². The summed E-state index contributed by atoms with van der Waals surface area (Å²) < 4.78 is 9.45. The Morgan fingerprint density at radius 1 is 1.16 bits per heavy atom. The number of rotatable bonds is 2. The third-order valence-electron chi connectivity index (χ3n) is 2.27. The molecule has 0 amide bonds. The van der Waals surface area contributed by atoms with E-state index in [1.165, 1.54) is 0 Å². The second-order valence-electron chi connectivity index (χ2n) is 3.52. The Bertz CT molecular complexity index is 577. The minimum Gasteiger partial charge on any atom is -0.481 e. The van der Waals surface area contributed by atoms with Crippen molar-refractivity contribution in [2.45, 2.75) is 0 Å². The molecule has 0 aliphatic heterocycles. The van der Waals surface area contributed by atoms with Crippen molar-refractivity contribution in [2.24, 2.45) is 0 Å². The summed E-state index contributed by atoms with van der Waals surface area (Å²) in [5.41, 5.74) is 1.83. The zero-order valence-electron chi connectivity index (χ0n) is 10.2. The summed E-state index contributed by atoms with van der Waals surface area (Å²) in [5, 5.41) is 10.8. The zero-order valence-corrected chi connectivity index (χ0v) is 11.0. The number of nitrogens with one attached hydrogen (secondary N) is 1. The van der Waals surface area contributed by atoms with Gasteiger partial charge in [-0.2, -0.15) is 5.10 Å². The van der Waals surface area contributed by atoms with Crippen molar-refractivity contribution in [3.05, 3.63) is 53.9 Å². The lowest BCUT2D eigenvalue weighted by atomic mass is 10.2. The van der Waals surface area contributed by atoms with Crippen molar-refractivity contribution in [3.8, 4) is 17.1 Å². The van der Waals surface area contributed by atoms with Crippen LogP contribution in [0.2, 0.25) is 5.02 Å². The molecule has 0 bridgehead atoms. The van der Waals surface area contributed by atoms with Crippen LogP contribution in [0.5, 0.6) is 5.88 Å². The van der Waals surface area contributed by atoms with Crippen molar-refractivity contribution >= 4 is 11.6 Å². The molecule has 2 aromatic heterocycles. The average Bonchev–Trinajstić information content (AvgIpc) is 3.14. The van der Waals surface area contributed by atoms with Gasteiger partial charge in [-0.1, -0.05) is 28.9 Å². The molecule has 6 heteroatoms. The molecule has 0 atom stereocenters. The predicted molar refractivity (Wildman–Crippen MR) is 72.1 cm³/mol. The van der Waals surface area contributed by atoms with Gasteiger partial charge in [0.2, 0.25) is 5.88 Å². The third kappa shape index (κ3) is 3.86. The fraction of sp³-hybridized carbons (Fsp3) is 0.0769. The topological polar surface area (TPSA) is 63.9 Å². The number of nitrogens with zero attached hydrogens (tertiary/aromatic N) is 2. The largest absolute Gasteiger partial charge is 0.481 e. The molecule has 3 rings (SSSR count). The third-order valence-corrected chi connectivity index (χ3v) is 2.52. The zero-order chi connectivity index (χ0) is 13.5. The lowest BCUT2D eigenvalue weighted by molar-refractivity contribution is 0.397. The van der Waals surface area contributed by atoms with Crippen molar-refractivity contribution in [1.29, 1.82) is 0 Å². The Hall–Kier alpha value is -2.27. The number of halogens is 1. The second kappa shape index (κ2) is 6.61. The molecule has 5 nitrogen and oxygen atoms in total. The SMILES string of the molecule is COc1ccn[nH]1.Clc1ccc(-c2ccon2)cc1. The van der Waals surface area contributed by atoms with Crippen LogP contribution in [0, 0.1) is 0 Å². The standard InChI is InChI=1S/C9H6ClNO.C4H6N2O/c10-8-3-1-7(2-4-8)9-5-6-12-11-9;1-7-4-2-3-5-6-4/h1-6H;2-3H,1H3,(H,5,6). The molecule has 0 saturated carbocycles. The summed E-state index contributed by atoms with van der Waals surface area (Å²) in [4.78, 5) is 0. The Labute approximate surface area is 115 Å². The lowest BCUT2D eigenvalue weighted by Gasteiger charge is -1.93. The molecule has 1 aromatic carbocycles. The van der Waals surface area contributed by atoms with Crippen LogP contribution in [0.15, 0.2) is 53.4 Å². The first kappa shape index (κ1) is 13.2. The summed E-state index contributed by atoms with van der Waals surface area (Å²) in [6.45, 7) is 0. The van der Waals surface area contributed by atoms with E-state index in [0.29, 0.717) is 5.88 Å². The number of benzene rings is 1. The molecule has 98 valence electrons. The first-order valence-electron chi connectivity index (χ1n) is 5.49. The first-order chi connectivity index (χ1) is 9.29. The smallest absolute Gasteiger partial charge is 0.208 e. The van der Waals surface area contributed by atoms with Gasteiger partial charge in [-0.25, -0.2) is 5.10 Å². The molecular weight excluding hydrogens is 266 g/mol. The van der Waals surface area contributed by atoms with Crippen LogP contribution in [-0.2, 0) is 0 Å². The first-order valence-corrected chi connectivity index (χ1v) is 5.87. The monoisotopic (exact) mass is 277 g/mol. The highest BCUT2D eigenvalue weighted by Crippen LogP contribution is 2.18. The van der Waals surface area contributed by atoms with Gasteiger partial charge in [0.15, 0.2) is 0 Å². The van der Waals surface area contributed by atoms with E-state index < -0.39 is 0 Å². The number of H-pyrrole nitrogens is 1. The summed E-state index contributed by atoms with van der Waals surface area (Å²) in [6, 6.07) is 11.0. The highest BCUT2D eigenvalue weighted by Gasteiger charge is 1.98. The quantitative estimate of drug-likeness (QED) is 0.779. The van der Waals surface area contributed by atoms with Gasteiger partial charge in [0.05, 0.1) is 13.3 Å². The summed E-state index contributed by atoms with van der Waals surface area (Å²) in [5.74, 6) is 0.694. The highest BCUT2D eigenvalue weighted by molar-refractivity contribution is 6.30. The van der Waals surface area contributed by atoms with Gasteiger partial charge in [-0.15, -0.1) is 0 Å². The molecular formula is C13H12ClN3O2. The molecule has 19 heavy (non-hydrogen) atoms. The Kier molecular flexibility index (Phi) is 4.58. The van der Waals surface area contributed by atoms with Gasteiger partial charge in [0, 0.05) is 22.7 Å². The van der Waals surface area contributed by atoms with E-state index >= 15 is 0 Å². The lowest BCUT2D eigenvalue weighted by Crippen LogP contribution is -1.79. The van der Waals surface area contributed by atoms with Crippen molar-refractivity contribution < 1.29 is 9.26 Å². The van der Waals surface area contributed by atoms with Crippen LogP contribution in [0.25, 0.3) is 11.3 Å². The van der Waals surface area contributed by atoms with Gasteiger partial charge in [-0.3, -0.25) is 0 Å². The maximum absolute atomic E-state index is 5.73. The van der Waals surface area contributed by atoms with Gasteiger partial charge in [0.1, 0.15) is 12.0 Å². The number of aromatic nitrogens is 3. The van der Waals surface area contributed by atoms with Crippen molar-refractivity contribution in [2.75, 3.05) is 7.11 Å². The van der Waals surface area contributed by atoms with E-state index in [1.54, 1.807) is 25.6 Å². The normalized spacial score (nSPS) is 9.58.